The third-order valence-electron chi connectivity index (χ3n) is 2.78. The van der Waals surface area contributed by atoms with Crippen LogP contribution in [0.5, 0.6) is 0 Å². The standard InChI is InChI=1S/C14H14BrClFNS/c1-2-5-18-14(13-4-3-6-19-13)9-7-11(16)10(15)8-12(9)17/h3-4,6-8,14,18H,2,5H2,1H3. The Morgan fingerprint density at radius 1 is 1.47 bits per heavy atom. The summed E-state index contributed by atoms with van der Waals surface area (Å²) in [6.45, 7) is 2.92. The molecule has 1 unspecified atom stereocenters. The second-order valence-corrected chi connectivity index (χ2v) is 6.43. The summed E-state index contributed by atoms with van der Waals surface area (Å²) in [6.07, 6.45) is 0.994. The molecule has 0 saturated carbocycles. The van der Waals surface area contributed by atoms with E-state index in [2.05, 4.69) is 28.2 Å². The van der Waals surface area contributed by atoms with Gasteiger partial charge in [-0.2, -0.15) is 0 Å². The van der Waals surface area contributed by atoms with Crippen molar-refractivity contribution in [3.05, 3.63) is 55.4 Å². The van der Waals surface area contributed by atoms with Crippen LogP contribution in [0.1, 0.15) is 29.8 Å². The van der Waals surface area contributed by atoms with Crippen LogP contribution in [0, 0.1) is 5.82 Å². The number of hydrogen-bond donors (Lipinski definition) is 1. The molecule has 1 heterocycles. The van der Waals surface area contributed by atoms with Crippen molar-refractivity contribution in [3.63, 3.8) is 0 Å². The predicted molar refractivity (Wildman–Crippen MR) is 83.6 cm³/mol. The maximum atomic E-state index is 14.2. The van der Waals surface area contributed by atoms with Crippen molar-refractivity contribution in [2.75, 3.05) is 6.54 Å². The van der Waals surface area contributed by atoms with Gasteiger partial charge in [-0.05, 0) is 52.5 Å². The molecule has 1 atom stereocenters. The Kier molecular flexibility index (Phi) is 5.39. The minimum absolute atomic E-state index is 0.148. The van der Waals surface area contributed by atoms with Gasteiger partial charge in [-0.1, -0.05) is 24.6 Å². The summed E-state index contributed by atoms with van der Waals surface area (Å²) in [5.41, 5.74) is 0.587. The zero-order chi connectivity index (χ0) is 13.8. The highest BCUT2D eigenvalue weighted by Gasteiger charge is 2.19. The first-order valence-corrected chi connectivity index (χ1v) is 8.09. The van der Waals surface area contributed by atoms with Gasteiger partial charge in [0.2, 0.25) is 0 Å². The van der Waals surface area contributed by atoms with Crippen molar-refractivity contribution in [2.45, 2.75) is 19.4 Å². The van der Waals surface area contributed by atoms with Crippen molar-refractivity contribution in [3.8, 4) is 0 Å². The lowest BCUT2D eigenvalue weighted by Crippen LogP contribution is -2.23. The first-order valence-electron chi connectivity index (χ1n) is 6.04. The van der Waals surface area contributed by atoms with Gasteiger partial charge in [-0.15, -0.1) is 11.3 Å². The van der Waals surface area contributed by atoms with E-state index in [9.17, 15) is 4.39 Å². The topological polar surface area (TPSA) is 12.0 Å². The molecule has 0 amide bonds. The summed E-state index contributed by atoms with van der Waals surface area (Å²) in [7, 11) is 0. The highest BCUT2D eigenvalue weighted by molar-refractivity contribution is 9.10. The Morgan fingerprint density at radius 2 is 2.26 bits per heavy atom. The van der Waals surface area contributed by atoms with Crippen LogP contribution in [0.3, 0.4) is 0 Å². The van der Waals surface area contributed by atoms with E-state index in [1.165, 1.54) is 6.07 Å². The number of halogens is 3. The molecule has 0 saturated heterocycles. The van der Waals surface area contributed by atoms with Gasteiger partial charge in [0.1, 0.15) is 5.82 Å². The van der Waals surface area contributed by atoms with Crippen molar-refractivity contribution in [1.82, 2.24) is 5.32 Å². The molecule has 0 aliphatic carbocycles. The monoisotopic (exact) mass is 361 g/mol. The molecule has 0 spiro atoms. The summed E-state index contributed by atoms with van der Waals surface area (Å²) >= 11 is 10.9. The number of hydrogen-bond acceptors (Lipinski definition) is 2. The van der Waals surface area contributed by atoms with E-state index in [1.54, 1.807) is 17.4 Å². The lowest BCUT2D eigenvalue weighted by molar-refractivity contribution is 0.550. The van der Waals surface area contributed by atoms with Crippen LogP contribution in [0.4, 0.5) is 4.39 Å². The summed E-state index contributed by atoms with van der Waals surface area (Å²) in [4.78, 5) is 1.09. The van der Waals surface area contributed by atoms with Crippen LogP contribution in [-0.2, 0) is 0 Å². The molecule has 1 aromatic heterocycles. The molecular weight excluding hydrogens is 349 g/mol. The fourth-order valence-corrected chi connectivity index (χ4v) is 3.17. The van der Waals surface area contributed by atoms with Gasteiger partial charge < -0.3 is 5.32 Å². The van der Waals surface area contributed by atoms with E-state index >= 15 is 0 Å². The summed E-state index contributed by atoms with van der Waals surface area (Å²) in [5, 5.41) is 5.89. The van der Waals surface area contributed by atoms with Crippen LogP contribution in [0.2, 0.25) is 5.02 Å². The second-order valence-electron chi connectivity index (χ2n) is 4.19. The Hall–Kier alpha value is -0.420. The average Bonchev–Trinajstić information content (AvgIpc) is 2.89. The van der Waals surface area contributed by atoms with E-state index in [0.29, 0.717) is 15.1 Å². The molecule has 19 heavy (non-hydrogen) atoms. The average molecular weight is 363 g/mol. The van der Waals surface area contributed by atoms with Gasteiger partial charge in [-0.25, -0.2) is 4.39 Å². The van der Waals surface area contributed by atoms with Gasteiger partial charge in [0, 0.05) is 14.9 Å². The smallest absolute Gasteiger partial charge is 0.129 e. The van der Waals surface area contributed by atoms with E-state index in [4.69, 9.17) is 11.6 Å². The zero-order valence-corrected chi connectivity index (χ0v) is 13.6. The Balaban J connectivity index is 2.40. The van der Waals surface area contributed by atoms with Gasteiger partial charge in [0.05, 0.1) is 11.1 Å². The number of benzene rings is 1. The van der Waals surface area contributed by atoms with Crippen LogP contribution < -0.4 is 5.32 Å². The van der Waals surface area contributed by atoms with E-state index in [-0.39, 0.29) is 11.9 Å². The predicted octanol–water partition coefficient (Wildman–Crippen LogP) is 5.39. The van der Waals surface area contributed by atoms with Gasteiger partial charge in [0.25, 0.3) is 0 Å². The normalized spacial score (nSPS) is 12.6. The molecular formula is C14H14BrClFNS. The maximum Gasteiger partial charge on any atom is 0.129 e. The molecule has 2 aromatic rings. The SMILES string of the molecule is CCCNC(c1cccs1)c1cc(Cl)c(Br)cc1F. The van der Waals surface area contributed by atoms with Gasteiger partial charge in [-0.3, -0.25) is 0 Å². The molecule has 102 valence electrons. The van der Waals surface area contributed by atoms with E-state index in [1.807, 2.05) is 17.5 Å². The molecule has 1 N–H and O–H groups in total. The number of thiophene rings is 1. The van der Waals surface area contributed by atoms with E-state index < -0.39 is 0 Å². The first-order chi connectivity index (χ1) is 9.13. The molecule has 1 aromatic carbocycles. The third kappa shape index (κ3) is 3.57. The lowest BCUT2D eigenvalue weighted by Gasteiger charge is -2.19. The van der Waals surface area contributed by atoms with Crippen molar-refractivity contribution in [2.24, 2.45) is 0 Å². The Bertz CT molecular complexity index is 545. The van der Waals surface area contributed by atoms with Crippen LogP contribution in [0.15, 0.2) is 34.1 Å². The highest BCUT2D eigenvalue weighted by atomic mass is 79.9. The third-order valence-corrected chi connectivity index (χ3v) is 4.91. The molecule has 0 radical (unpaired) electrons. The minimum Gasteiger partial charge on any atom is -0.306 e. The maximum absolute atomic E-state index is 14.2. The quantitative estimate of drug-likeness (QED) is 0.703. The molecule has 0 bridgehead atoms. The zero-order valence-electron chi connectivity index (χ0n) is 10.4. The lowest BCUT2D eigenvalue weighted by atomic mass is 10.0. The molecule has 0 fully saturated rings. The summed E-state index contributed by atoms with van der Waals surface area (Å²) < 4.78 is 14.8. The molecule has 0 aliphatic rings. The van der Waals surface area contributed by atoms with Crippen molar-refractivity contribution < 1.29 is 4.39 Å². The number of rotatable bonds is 5. The van der Waals surface area contributed by atoms with Gasteiger partial charge >= 0.3 is 0 Å². The van der Waals surface area contributed by atoms with Gasteiger partial charge in [0.15, 0.2) is 0 Å². The fourth-order valence-electron chi connectivity index (χ4n) is 1.87. The second kappa shape index (κ2) is 6.84. The molecule has 1 nitrogen and oxygen atoms in total. The molecule has 2 rings (SSSR count). The molecule has 5 heteroatoms. The largest absolute Gasteiger partial charge is 0.306 e. The van der Waals surface area contributed by atoms with Crippen molar-refractivity contribution in [1.29, 1.82) is 0 Å². The number of nitrogens with one attached hydrogen (secondary N) is 1. The van der Waals surface area contributed by atoms with E-state index in [0.717, 1.165) is 17.8 Å². The minimum atomic E-state index is -0.252. The summed E-state index contributed by atoms with van der Waals surface area (Å²) in [5.74, 6) is -0.252. The van der Waals surface area contributed by atoms with Crippen LogP contribution >= 0.6 is 38.9 Å². The Morgan fingerprint density at radius 3 is 2.89 bits per heavy atom. The Labute approximate surface area is 129 Å². The highest BCUT2D eigenvalue weighted by Crippen LogP contribution is 2.33. The first kappa shape index (κ1) is 15.0. The van der Waals surface area contributed by atoms with Crippen LogP contribution in [-0.4, -0.2) is 6.54 Å². The fraction of sp³-hybridized carbons (Fsp3) is 0.286. The van der Waals surface area contributed by atoms with Crippen LogP contribution in [0.25, 0.3) is 0 Å². The summed E-state index contributed by atoms with van der Waals surface area (Å²) in [6, 6.07) is 6.94. The molecule has 0 aliphatic heterocycles. The van der Waals surface area contributed by atoms with Crippen molar-refractivity contribution >= 4 is 38.9 Å².